The predicted octanol–water partition coefficient (Wildman–Crippen LogP) is 5.71. The summed E-state index contributed by atoms with van der Waals surface area (Å²) in [5, 5.41) is 0. The summed E-state index contributed by atoms with van der Waals surface area (Å²) < 4.78 is 39.0. The van der Waals surface area contributed by atoms with Gasteiger partial charge in [-0.2, -0.15) is 0 Å². The van der Waals surface area contributed by atoms with E-state index in [1.165, 1.54) is 12.8 Å². The lowest BCUT2D eigenvalue weighted by molar-refractivity contribution is 0.446. The van der Waals surface area contributed by atoms with Crippen LogP contribution in [0.1, 0.15) is 42.9 Å². The Bertz CT molecular complexity index is 846. The molecule has 0 heterocycles. The normalized spacial score (nSPS) is 10.1. The molecule has 0 fully saturated rings. The number of unbranched alkanes of at least 4 members (excludes halogenated alkanes) is 2. The zero-order valence-electron chi connectivity index (χ0n) is 13.9. The smallest absolute Gasteiger partial charge is 0.194 e. The minimum absolute atomic E-state index is 0.0401. The van der Waals surface area contributed by atoms with Gasteiger partial charge in [-0.15, -0.1) is 0 Å². The lowest BCUT2D eigenvalue weighted by Crippen LogP contribution is -1.91. The minimum atomic E-state index is -1.50. The average Bonchev–Trinajstić information content (AvgIpc) is 2.61. The Morgan fingerprint density at radius 3 is 2.08 bits per heavy atom. The van der Waals surface area contributed by atoms with Gasteiger partial charge < -0.3 is 0 Å². The highest BCUT2D eigenvalue weighted by atomic mass is 19.2. The summed E-state index contributed by atoms with van der Waals surface area (Å²) in [5.74, 6) is 6.44. The number of rotatable bonds is 4. The molecule has 0 amide bonds. The van der Waals surface area contributed by atoms with Gasteiger partial charge in [0.25, 0.3) is 0 Å². The molecular formula is C22H17F3. The van der Waals surface area contributed by atoms with Crippen molar-refractivity contribution in [3.63, 3.8) is 0 Å². The number of benzene rings is 2. The second kappa shape index (κ2) is 9.40. The van der Waals surface area contributed by atoms with Crippen LogP contribution in [0.3, 0.4) is 0 Å². The molecule has 0 saturated heterocycles. The summed E-state index contributed by atoms with van der Waals surface area (Å²) in [5.41, 5.74) is 1.93. The molecule has 0 unspecified atom stereocenters. The van der Waals surface area contributed by atoms with Gasteiger partial charge in [0.15, 0.2) is 17.5 Å². The Morgan fingerprint density at radius 2 is 1.48 bits per heavy atom. The first-order valence-electron chi connectivity index (χ1n) is 8.03. The van der Waals surface area contributed by atoms with Crippen LogP contribution in [-0.4, -0.2) is 0 Å². The van der Waals surface area contributed by atoms with Crippen LogP contribution in [-0.2, 0) is 0 Å². The third kappa shape index (κ3) is 5.90. The van der Waals surface area contributed by atoms with Crippen molar-refractivity contribution in [2.24, 2.45) is 0 Å². The Morgan fingerprint density at radius 1 is 0.880 bits per heavy atom. The van der Waals surface area contributed by atoms with E-state index in [0.717, 1.165) is 29.7 Å². The molecule has 0 aliphatic heterocycles. The van der Waals surface area contributed by atoms with Gasteiger partial charge in [-0.1, -0.05) is 55.9 Å². The maximum Gasteiger partial charge on any atom is 0.194 e. The van der Waals surface area contributed by atoms with E-state index < -0.39 is 17.5 Å². The standard InChI is InChI=1S/C22H17F3/c1-2-3-4-5-8-17-11-13-18(14-12-17)9-6-7-10-19-15-20(23)22(25)21(24)16-19/h5,8,11-16H,2-4H2,1H3/b8-5+. The molecule has 3 heteroatoms. The van der Waals surface area contributed by atoms with E-state index in [-0.39, 0.29) is 5.56 Å². The van der Waals surface area contributed by atoms with Crippen LogP contribution in [0.15, 0.2) is 42.5 Å². The van der Waals surface area contributed by atoms with E-state index in [1.54, 1.807) is 0 Å². The first-order chi connectivity index (χ1) is 12.1. The van der Waals surface area contributed by atoms with Gasteiger partial charge in [0.2, 0.25) is 0 Å². The van der Waals surface area contributed by atoms with Gasteiger partial charge >= 0.3 is 0 Å². The maximum absolute atomic E-state index is 13.1. The first-order valence-corrected chi connectivity index (χ1v) is 8.03. The summed E-state index contributed by atoms with van der Waals surface area (Å²) in [6.07, 6.45) is 7.65. The number of hydrogen-bond acceptors (Lipinski definition) is 0. The Balaban J connectivity index is 2.02. The molecule has 2 aromatic rings. The molecule has 2 aromatic carbocycles. The Hall–Kier alpha value is -2.91. The van der Waals surface area contributed by atoms with Gasteiger partial charge in [0, 0.05) is 11.1 Å². The van der Waals surface area contributed by atoms with Crippen LogP contribution in [0.5, 0.6) is 0 Å². The van der Waals surface area contributed by atoms with E-state index in [4.69, 9.17) is 0 Å². The second-order valence-electron chi connectivity index (χ2n) is 5.42. The molecule has 0 aliphatic rings. The van der Waals surface area contributed by atoms with Gasteiger partial charge in [0.1, 0.15) is 0 Å². The summed E-state index contributed by atoms with van der Waals surface area (Å²) in [6, 6.07) is 9.37. The third-order valence-corrected chi connectivity index (χ3v) is 3.41. The average molecular weight is 338 g/mol. The first kappa shape index (κ1) is 18.4. The van der Waals surface area contributed by atoms with E-state index >= 15 is 0 Å². The molecule has 0 saturated carbocycles. The van der Waals surface area contributed by atoms with Gasteiger partial charge in [0.05, 0.1) is 0 Å². The molecule has 0 N–H and O–H groups in total. The van der Waals surface area contributed by atoms with Crippen LogP contribution in [0.4, 0.5) is 13.2 Å². The lowest BCUT2D eigenvalue weighted by Gasteiger charge is -1.95. The van der Waals surface area contributed by atoms with E-state index in [2.05, 4.69) is 42.8 Å². The predicted molar refractivity (Wildman–Crippen MR) is 95.1 cm³/mol. The van der Waals surface area contributed by atoms with Crippen molar-refractivity contribution < 1.29 is 13.2 Å². The Kier molecular flexibility index (Phi) is 6.93. The molecule has 126 valence electrons. The zero-order chi connectivity index (χ0) is 18.1. The summed E-state index contributed by atoms with van der Waals surface area (Å²) in [6.45, 7) is 2.16. The molecule has 0 nitrogen and oxygen atoms in total. The Labute approximate surface area is 146 Å². The van der Waals surface area contributed by atoms with Gasteiger partial charge in [-0.05, 0) is 48.1 Å². The van der Waals surface area contributed by atoms with Crippen molar-refractivity contribution in [1.82, 2.24) is 0 Å². The molecule has 25 heavy (non-hydrogen) atoms. The van der Waals surface area contributed by atoms with Crippen LogP contribution >= 0.6 is 0 Å². The van der Waals surface area contributed by atoms with Gasteiger partial charge in [-0.3, -0.25) is 0 Å². The minimum Gasteiger partial charge on any atom is -0.204 e. The second-order valence-corrected chi connectivity index (χ2v) is 5.42. The topological polar surface area (TPSA) is 0 Å². The number of halogens is 3. The zero-order valence-corrected chi connectivity index (χ0v) is 13.9. The molecule has 0 bridgehead atoms. The monoisotopic (exact) mass is 338 g/mol. The highest BCUT2D eigenvalue weighted by molar-refractivity contribution is 5.52. The van der Waals surface area contributed by atoms with Crippen molar-refractivity contribution in [2.75, 3.05) is 0 Å². The van der Waals surface area contributed by atoms with E-state index in [9.17, 15) is 13.2 Å². The fourth-order valence-electron chi connectivity index (χ4n) is 2.05. The molecule has 0 aliphatic carbocycles. The van der Waals surface area contributed by atoms with Crippen molar-refractivity contribution >= 4 is 6.08 Å². The van der Waals surface area contributed by atoms with Crippen molar-refractivity contribution in [1.29, 1.82) is 0 Å². The molecule has 0 atom stereocenters. The van der Waals surface area contributed by atoms with Crippen molar-refractivity contribution in [3.05, 3.63) is 76.6 Å². The van der Waals surface area contributed by atoms with Crippen LogP contribution < -0.4 is 0 Å². The van der Waals surface area contributed by atoms with E-state index in [0.29, 0.717) is 0 Å². The molecule has 0 aromatic heterocycles. The van der Waals surface area contributed by atoms with Crippen molar-refractivity contribution in [3.8, 4) is 23.7 Å². The fourth-order valence-corrected chi connectivity index (χ4v) is 2.05. The SMILES string of the molecule is CCCC/C=C/c1ccc(C#CC#Cc2cc(F)c(F)c(F)c2)cc1. The maximum atomic E-state index is 13.1. The lowest BCUT2D eigenvalue weighted by atomic mass is 10.1. The fraction of sp³-hybridized carbons (Fsp3) is 0.182. The highest BCUT2D eigenvalue weighted by Gasteiger charge is 2.08. The van der Waals surface area contributed by atoms with Crippen LogP contribution in [0, 0.1) is 41.1 Å². The number of hydrogen-bond donors (Lipinski definition) is 0. The molecular weight excluding hydrogens is 321 g/mol. The van der Waals surface area contributed by atoms with Crippen LogP contribution in [0.2, 0.25) is 0 Å². The summed E-state index contributed by atoms with van der Waals surface area (Å²) in [7, 11) is 0. The molecule has 0 spiro atoms. The number of allylic oxidation sites excluding steroid dienone is 1. The quantitative estimate of drug-likeness (QED) is 0.380. The van der Waals surface area contributed by atoms with E-state index in [1.807, 2.05) is 24.3 Å². The summed E-state index contributed by atoms with van der Waals surface area (Å²) >= 11 is 0. The summed E-state index contributed by atoms with van der Waals surface area (Å²) in [4.78, 5) is 0. The van der Waals surface area contributed by atoms with Gasteiger partial charge in [-0.25, -0.2) is 13.2 Å². The van der Waals surface area contributed by atoms with Crippen LogP contribution in [0.25, 0.3) is 6.08 Å². The highest BCUT2D eigenvalue weighted by Crippen LogP contribution is 2.12. The third-order valence-electron chi connectivity index (χ3n) is 3.41. The largest absolute Gasteiger partial charge is 0.204 e. The molecule has 0 radical (unpaired) electrons. The van der Waals surface area contributed by atoms with Crippen molar-refractivity contribution in [2.45, 2.75) is 26.2 Å². The molecule has 2 rings (SSSR count).